The molecule has 3 rings (SSSR count). The molecule has 0 bridgehead atoms. The highest BCUT2D eigenvalue weighted by molar-refractivity contribution is 5.86. The Balaban J connectivity index is 1.98. The number of benzene rings is 2. The van der Waals surface area contributed by atoms with Gasteiger partial charge in [-0.1, -0.05) is 54.6 Å². The molecule has 0 saturated heterocycles. The minimum atomic E-state index is -0.649. The number of carbonyl (C=O) groups excluding carboxylic acids is 1. The van der Waals surface area contributed by atoms with Crippen molar-refractivity contribution in [2.75, 3.05) is 0 Å². The fraction of sp³-hybridized carbons (Fsp3) is 0.0526. The highest BCUT2D eigenvalue weighted by Gasteiger charge is 2.22. The molecule has 0 aliphatic carbocycles. The summed E-state index contributed by atoms with van der Waals surface area (Å²) in [6.45, 7) is 0. The molecule has 0 aliphatic heterocycles. The first-order chi connectivity index (χ1) is 11.7. The lowest BCUT2D eigenvalue weighted by Crippen LogP contribution is -2.27. The summed E-state index contributed by atoms with van der Waals surface area (Å²) in [5.41, 5.74) is 4.22. The molecular formula is C19H15FN2O2. The molecule has 3 aromatic rings. The Morgan fingerprint density at radius 1 is 0.958 bits per heavy atom. The highest BCUT2D eigenvalue weighted by atomic mass is 19.1. The van der Waals surface area contributed by atoms with E-state index in [9.17, 15) is 9.18 Å². The highest BCUT2D eigenvalue weighted by Crippen LogP contribution is 2.28. The number of hydrogen-bond donors (Lipinski definition) is 2. The van der Waals surface area contributed by atoms with E-state index in [4.69, 9.17) is 5.21 Å². The largest absolute Gasteiger partial charge is 0.289 e. The van der Waals surface area contributed by atoms with Gasteiger partial charge in [-0.05, 0) is 28.8 Å². The molecule has 1 atom stereocenters. The fourth-order valence-corrected chi connectivity index (χ4v) is 2.66. The number of nitrogens with one attached hydrogen (secondary N) is 1. The molecule has 1 heterocycles. The maximum absolute atomic E-state index is 13.8. The first kappa shape index (κ1) is 15.8. The molecule has 5 heteroatoms. The molecule has 0 radical (unpaired) electrons. The van der Waals surface area contributed by atoms with Gasteiger partial charge >= 0.3 is 0 Å². The van der Waals surface area contributed by atoms with Gasteiger partial charge < -0.3 is 0 Å². The molecule has 1 unspecified atom stereocenters. The molecule has 2 aromatic carbocycles. The van der Waals surface area contributed by atoms with Crippen molar-refractivity contribution in [1.82, 2.24) is 10.5 Å². The van der Waals surface area contributed by atoms with Gasteiger partial charge in [0, 0.05) is 11.8 Å². The van der Waals surface area contributed by atoms with Crippen molar-refractivity contribution in [3.05, 3.63) is 90.0 Å². The van der Waals surface area contributed by atoms with Gasteiger partial charge in [0.25, 0.3) is 5.91 Å². The van der Waals surface area contributed by atoms with Gasteiger partial charge in [-0.2, -0.15) is 4.39 Å². The van der Waals surface area contributed by atoms with Crippen molar-refractivity contribution >= 4 is 5.91 Å². The Kier molecular flexibility index (Phi) is 4.63. The van der Waals surface area contributed by atoms with Crippen molar-refractivity contribution in [3.63, 3.8) is 0 Å². The van der Waals surface area contributed by atoms with Crippen LogP contribution in [-0.4, -0.2) is 16.1 Å². The molecule has 1 aromatic heterocycles. The van der Waals surface area contributed by atoms with E-state index in [0.717, 1.165) is 5.56 Å². The van der Waals surface area contributed by atoms with E-state index in [1.807, 2.05) is 30.3 Å². The average Bonchev–Trinajstić information content (AvgIpc) is 2.64. The van der Waals surface area contributed by atoms with Gasteiger partial charge in [0.05, 0.1) is 5.92 Å². The van der Waals surface area contributed by atoms with E-state index in [2.05, 4.69) is 4.98 Å². The molecule has 4 nitrogen and oxygen atoms in total. The van der Waals surface area contributed by atoms with Crippen molar-refractivity contribution in [2.24, 2.45) is 0 Å². The number of rotatable bonds is 4. The standard InChI is InChI=1S/C19H15FN2O2/c20-18-16(7-4-12-21-18)13-8-10-15(11-9-13)17(19(23)22-24)14-5-2-1-3-6-14/h1-12,17,24H,(H,22,23). The van der Waals surface area contributed by atoms with Crippen LogP contribution in [0.15, 0.2) is 72.9 Å². The number of aromatic nitrogens is 1. The van der Waals surface area contributed by atoms with Gasteiger partial charge in [-0.3, -0.25) is 10.0 Å². The second-order valence-corrected chi connectivity index (χ2v) is 5.28. The third-order valence-corrected chi connectivity index (χ3v) is 3.82. The number of amides is 1. The monoisotopic (exact) mass is 322 g/mol. The summed E-state index contributed by atoms with van der Waals surface area (Å²) < 4.78 is 13.8. The van der Waals surface area contributed by atoms with Gasteiger partial charge in [-0.25, -0.2) is 10.5 Å². The Labute approximate surface area is 138 Å². The third kappa shape index (κ3) is 3.16. The van der Waals surface area contributed by atoms with Gasteiger partial charge in [0.2, 0.25) is 5.95 Å². The first-order valence-electron chi connectivity index (χ1n) is 7.40. The van der Waals surface area contributed by atoms with E-state index in [0.29, 0.717) is 16.7 Å². The van der Waals surface area contributed by atoms with E-state index in [-0.39, 0.29) is 0 Å². The van der Waals surface area contributed by atoms with Crippen LogP contribution < -0.4 is 5.48 Å². The van der Waals surface area contributed by atoms with Crippen molar-refractivity contribution < 1.29 is 14.4 Å². The smallest absolute Gasteiger partial charge is 0.255 e. The number of halogens is 1. The maximum Gasteiger partial charge on any atom is 0.255 e. The number of hydrogen-bond acceptors (Lipinski definition) is 3. The molecule has 1 amide bonds. The van der Waals surface area contributed by atoms with Crippen LogP contribution >= 0.6 is 0 Å². The maximum atomic E-state index is 13.8. The van der Waals surface area contributed by atoms with Gasteiger partial charge in [-0.15, -0.1) is 0 Å². The molecule has 0 spiro atoms. The quantitative estimate of drug-likeness (QED) is 0.439. The Morgan fingerprint density at radius 2 is 1.62 bits per heavy atom. The lowest BCUT2D eigenvalue weighted by molar-refractivity contribution is -0.129. The molecule has 0 aliphatic rings. The molecule has 24 heavy (non-hydrogen) atoms. The van der Waals surface area contributed by atoms with Crippen LogP contribution in [0, 0.1) is 5.95 Å². The van der Waals surface area contributed by atoms with Crippen LogP contribution in [0.4, 0.5) is 4.39 Å². The topological polar surface area (TPSA) is 62.2 Å². The molecule has 2 N–H and O–H groups in total. The summed E-state index contributed by atoms with van der Waals surface area (Å²) in [4.78, 5) is 15.7. The first-order valence-corrected chi connectivity index (χ1v) is 7.40. The van der Waals surface area contributed by atoms with Crippen LogP contribution in [-0.2, 0) is 4.79 Å². The minimum absolute atomic E-state index is 0.395. The zero-order chi connectivity index (χ0) is 16.9. The number of pyridine rings is 1. The van der Waals surface area contributed by atoms with Crippen LogP contribution in [0.2, 0.25) is 0 Å². The van der Waals surface area contributed by atoms with Crippen molar-refractivity contribution in [1.29, 1.82) is 0 Å². The lowest BCUT2D eigenvalue weighted by Gasteiger charge is -2.16. The molecule has 0 saturated carbocycles. The van der Waals surface area contributed by atoms with Gasteiger partial charge in [0.1, 0.15) is 0 Å². The van der Waals surface area contributed by atoms with Crippen LogP contribution in [0.1, 0.15) is 17.0 Å². The Morgan fingerprint density at radius 3 is 2.25 bits per heavy atom. The van der Waals surface area contributed by atoms with Crippen LogP contribution in [0.5, 0.6) is 0 Å². The second-order valence-electron chi connectivity index (χ2n) is 5.28. The SMILES string of the molecule is O=C(NO)C(c1ccccc1)c1ccc(-c2cccnc2F)cc1. The predicted octanol–water partition coefficient (Wildman–Crippen LogP) is 3.53. The average molecular weight is 322 g/mol. The summed E-state index contributed by atoms with van der Waals surface area (Å²) in [5.74, 6) is -1.72. The van der Waals surface area contributed by atoms with Crippen molar-refractivity contribution in [3.8, 4) is 11.1 Å². The normalized spacial score (nSPS) is 11.8. The van der Waals surface area contributed by atoms with E-state index in [1.54, 1.807) is 41.9 Å². The minimum Gasteiger partial charge on any atom is -0.289 e. The lowest BCUT2D eigenvalue weighted by atomic mass is 9.89. The van der Waals surface area contributed by atoms with E-state index < -0.39 is 17.8 Å². The van der Waals surface area contributed by atoms with Crippen LogP contribution in [0.25, 0.3) is 11.1 Å². The zero-order valence-electron chi connectivity index (χ0n) is 12.7. The summed E-state index contributed by atoms with van der Waals surface area (Å²) in [5, 5.41) is 9.04. The third-order valence-electron chi connectivity index (χ3n) is 3.82. The Bertz CT molecular complexity index is 836. The van der Waals surface area contributed by atoms with Crippen LogP contribution in [0.3, 0.4) is 0 Å². The summed E-state index contributed by atoms with van der Waals surface area (Å²) in [6, 6.07) is 19.4. The molecule has 0 fully saturated rings. The number of carbonyl (C=O) groups is 1. The number of nitrogens with zero attached hydrogens (tertiary/aromatic N) is 1. The fourth-order valence-electron chi connectivity index (χ4n) is 2.66. The van der Waals surface area contributed by atoms with Crippen molar-refractivity contribution in [2.45, 2.75) is 5.92 Å². The summed E-state index contributed by atoms with van der Waals surface area (Å²) in [7, 11) is 0. The Hall–Kier alpha value is -3.05. The molecule has 120 valence electrons. The molecular weight excluding hydrogens is 307 g/mol. The van der Waals surface area contributed by atoms with Gasteiger partial charge in [0.15, 0.2) is 0 Å². The second kappa shape index (κ2) is 7.02. The number of hydroxylamine groups is 1. The summed E-state index contributed by atoms with van der Waals surface area (Å²) in [6.07, 6.45) is 1.39. The zero-order valence-corrected chi connectivity index (χ0v) is 12.7. The predicted molar refractivity (Wildman–Crippen MR) is 87.8 cm³/mol. The summed E-state index contributed by atoms with van der Waals surface area (Å²) >= 11 is 0. The van der Waals surface area contributed by atoms with E-state index >= 15 is 0 Å². The van der Waals surface area contributed by atoms with E-state index in [1.165, 1.54) is 6.20 Å².